The van der Waals surface area contributed by atoms with Gasteiger partial charge in [0, 0.05) is 23.5 Å². The van der Waals surface area contributed by atoms with E-state index in [1.165, 1.54) is 11.3 Å². The number of carbonyl (C=O) groups is 2. The van der Waals surface area contributed by atoms with Crippen LogP contribution in [0.2, 0.25) is 0 Å². The molecule has 0 saturated heterocycles. The minimum absolute atomic E-state index is 0. The largest absolute Gasteiger partial charge is 0.462 e. The zero-order chi connectivity index (χ0) is 18.8. The van der Waals surface area contributed by atoms with Crippen molar-refractivity contribution < 1.29 is 14.3 Å². The third kappa shape index (κ3) is 4.69. The molecule has 1 amide bonds. The van der Waals surface area contributed by atoms with E-state index in [4.69, 9.17) is 4.74 Å². The molecule has 3 rings (SSSR count). The lowest BCUT2D eigenvalue weighted by atomic mass is 10.0. The molecule has 1 aromatic carbocycles. The highest BCUT2D eigenvalue weighted by Gasteiger charge is 2.28. The molecule has 2 heterocycles. The molecule has 1 aliphatic rings. The average molecular weight is 409 g/mol. The molecule has 0 aliphatic carbocycles. The summed E-state index contributed by atoms with van der Waals surface area (Å²) in [5, 5.41) is 3.54. The maximum absolute atomic E-state index is 12.8. The highest BCUT2D eigenvalue weighted by Crippen LogP contribution is 2.37. The normalized spacial score (nSPS) is 13.5. The number of amides is 1. The number of benzene rings is 1. The van der Waals surface area contributed by atoms with Crippen molar-refractivity contribution >= 4 is 40.6 Å². The van der Waals surface area contributed by atoms with Crippen LogP contribution in [0.5, 0.6) is 0 Å². The number of fused-ring (bicyclic) bond motifs is 1. The number of ether oxygens (including phenoxy) is 1. The molecule has 7 heteroatoms. The molecule has 0 radical (unpaired) electrons. The first-order valence-corrected chi connectivity index (χ1v) is 9.60. The molecule has 0 fully saturated rings. The van der Waals surface area contributed by atoms with Crippen LogP contribution in [0.1, 0.15) is 49.2 Å². The van der Waals surface area contributed by atoms with Crippen LogP contribution in [0.15, 0.2) is 18.2 Å². The van der Waals surface area contributed by atoms with Crippen LogP contribution in [-0.2, 0) is 17.7 Å². The second-order valence-corrected chi connectivity index (χ2v) is 7.85. The van der Waals surface area contributed by atoms with Gasteiger partial charge in [0.05, 0.1) is 12.2 Å². The number of rotatable bonds is 4. The minimum atomic E-state index is -0.356. The van der Waals surface area contributed by atoms with E-state index in [1.807, 2.05) is 32.0 Å². The number of likely N-dealkylation sites (N-methyl/N-ethyl adjacent to an activating group) is 1. The number of halogens is 1. The quantitative estimate of drug-likeness (QED) is 0.770. The van der Waals surface area contributed by atoms with Gasteiger partial charge in [-0.05, 0) is 51.9 Å². The fourth-order valence-electron chi connectivity index (χ4n) is 3.32. The van der Waals surface area contributed by atoms with Crippen LogP contribution in [0.4, 0.5) is 5.00 Å². The molecular formula is C20H25ClN2O3S. The van der Waals surface area contributed by atoms with Gasteiger partial charge >= 0.3 is 5.97 Å². The summed E-state index contributed by atoms with van der Waals surface area (Å²) in [6.45, 7) is 7.71. The number of hydrogen-bond donors (Lipinski definition) is 1. The first-order valence-electron chi connectivity index (χ1n) is 8.79. The SMILES string of the molecule is CCOC(=O)c1c(NC(=O)c2cc(C)cc(C)c2)sc2c1CCN(C)C2.Cl. The van der Waals surface area contributed by atoms with E-state index < -0.39 is 0 Å². The maximum atomic E-state index is 12.8. The average Bonchev–Trinajstić information content (AvgIpc) is 2.90. The summed E-state index contributed by atoms with van der Waals surface area (Å²) in [6.07, 6.45) is 0.788. The Hall–Kier alpha value is -1.89. The molecular weight excluding hydrogens is 384 g/mol. The smallest absolute Gasteiger partial charge is 0.341 e. The molecule has 5 nitrogen and oxygen atoms in total. The summed E-state index contributed by atoms with van der Waals surface area (Å²) >= 11 is 1.48. The first-order chi connectivity index (χ1) is 12.4. The Morgan fingerprint density at radius 2 is 1.89 bits per heavy atom. The van der Waals surface area contributed by atoms with Crippen molar-refractivity contribution in [2.24, 2.45) is 0 Å². The Morgan fingerprint density at radius 1 is 1.22 bits per heavy atom. The highest BCUT2D eigenvalue weighted by molar-refractivity contribution is 7.17. The van der Waals surface area contributed by atoms with E-state index in [1.54, 1.807) is 6.92 Å². The second kappa shape index (κ2) is 8.87. The van der Waals surface area contributed by atoms with E-state index >= 15 is 0 Å². The number of esters is 1. The van der Waals surface area contributed by atoms with Gasteiger partial charge in [-0.3, -0.25) is 4.79 Å². The summed E-state index contributed by atoms with van der Waals surface area (Å²) in [7, 11) is 2.06. The summed E-state index contributed by atoms with van der Waals surface area (Å²) in [5.41, 5.74) is 4.21. The molecule has 0 unspecified atom stereocenters. The Morgan fingerprint density at radius 3 is 2.52 bits per heavy atom. The molecule has 1 aliphatic heterocycles. The molecule has 2 aromatic rings. The van der Waals surface area contributed by atoms with Crippen molar-refractivity contribution in [3.05, 3.63) is 50.9 Å². The van der Waals surface area contributed by atoms with Gasteiger partial charge in [-0.2, -0.15) is 0 Å². The molecule has 0 bridgehead atoms. The van der Waals surface area contributed by atoms with Gasteiger partial charge in [-0.15, -0.1) is 23.7 Å². The van der Waals surface area contributed by atoms with Crippen LogP contribution in [0, 0.1) is 13.8 Å². The van der Waals surface area contributed by atoms with Gasteiger partial charge in [-0.1, -0.05) is 17.2 Å². The first kappa shape index (κ1) is 21.4. The van der Waals surface area contributed by atoms with Crippen LogP contribution < -0.4 is 5.32 Å². The number of thiophene rings is 1. The van der Waals surface area contributed by atoms with Gasteiger partial charge in [0.25, 0.3) is 5.91 Å². The van der Waals surface area contributed by atoms with Crippen LogP contribution in [-0.4, -0.2) is 37.0 Å². The number of nitrogens with zero attached hydrogens (tertiary/aromatic N) is 1. The van der Waals surface area contributed by atoms with Gasteiger partial charge in [0.15, 0.2) is 0 Å². The van der Waals surface area contributed by atoms with E-state index in [0.29, 0.717) is 22.7 Å². The van der Waals surface area contributed by atoms with Crippen LogP contribution in [0.3, 0.4) is 0 Å². The van der Waals surface area contributed by atoms with Crippen molar-refractivity contribution in [1.82, 2.24) is 4.90 Å². The molecule has 0 saturated carbocycles. The summed E-state index contributed by atoms with van der Waals surface area (Å²) in [5.74, 6) is -0.556. The topological polar surface area (TPSA) is 58.6 Å². The van der Waals surface area contributed by atoms with Crippen molar-refractivity contribution in [1.29, 1.82) is 0 Å². The number of anilines is 1. The third-order valence-corrected chi connectivity index (χ3v) is 5.57. The van der Waals surface area contributed by atoms with E-state index in [0.717, 1.165) is 41.1 Å². The molecule has 146 valence electrons. The Labute approximate surface area is 170 Å². The molecule has 1 aromatic heterocycles. The van der Waals surface area contributed by atoms with E-state index in [-0.39, 0.29) is 24.3 Å². The van der Waals surface area contributed by atoms with E-state index in [2.05, 4.69) is 17.3 Å². The van der Waals surface area contributed by atoms with Crippen molar-refractivity contribution in [2.45, 2.75) is 33.7 Å². The lowest BCUT2D eigenvalue weighted by molar-refractivity contribution is 0.0526. The summed E-state index contributed by atoms with van der Waals surface area (Å²) in [4.78, 5) is 28.6. The van der Waals surface area contributed by atoms with Gasteiger partial charge in [-0.25, -0.2) is 4.79 Å². The number of carbonyl (C=O) groups excluding carboxylic acids is 2. The van der Waals surface area contributed by atoms with E-state index in [9.17, 15) is 9.59 Å². The maximum Gasteiger partial charge on any atom is 0.341 e. The summed E-state index contributed by atoms with van der Waals surface area (Å²) < 4.78 is 5.25. The predicted molar refractivity (Wildman–Crippen MR) is 111 cm³/mol. The van der Waals surface area contributed by atoms with Crippen LogP contribution >= 0.6 is 23.7 Å². The van der Waals surface area contributed by atoms with Gasteiger partial charge in [0.2, 0.25) is 0 Å². The number of aryl methyl sites for hydroxylation is 2. The van der Waals surface area contributed by atoms with Crippen LogP contribution in [0.25, 0.3) is 0 Å². The molecule has 0 atom stereocenters. The molecule has 1 N–H and O–H groups in total. The van der Waals surface area contributed by atoms with Crippen molar-refractivity contribution in [2.75, 3.05) is 25.5 Å². The predicted octanol–water partition coefficient (Wildman–Crippen LogP) is 4.20. The van der Waals surface area contributed by atoms with Crippen molar-refractivity contribution in [3.8, 4) is 0 Å². The number of hydrogen-bond acceptors (Lipinski definition) is 5. The standard InChI is InChI=1S/C20H24N2O3S.ClH/c1-5-25-20(24)17-15-6-7-22(4)11-16(15)26-19(17)21-18(23)14-9-12(2)8-13(3)10-14;/h8-10H,5-7,11H2,1-4H3,(H,21,23);1H. The minimum Gasteiger partial charge on any atom is -0.462 e. The van der Waals surface area contributed by atoms with Gasteiger partial charge < -0.3 is 15.0 Å². The van der Waals surface area contributed by atoms with Crippen molar-refractivity contribution in [3.63, 3.8) is 0 Å². The third-order valence-electron chi connectivity index (χ3n) is 4.44. The second-order valence-electron chi connectivity index (χ2n) is 6.75. The van der Waals surface area contributed by atoms with Gasteiger partial charge in [0.1, 0.15) is 5.00 Å². The highest BCUT2D eigenvalue weighted by atomic mass is 35.5. The molecule has 27 heavy (non-hydrogen) atoms. The zero-order valence-electron chi connectivity index (χ0n) is 16.0. The fraction of sp³-hybridized carbons (Fsp3) is 0.400. The Bertz CT molecular complexity index is 843. The lowest BCUT2D eigenvalue weighted by Crippen LogP contribution is -2.26. The Kier molecular flexibility index (Phi) is 7.03. The fourth-order valence-corrected chi connectivity index (χ4v) is 4.63. The molecule has 0 spiro atoms. The number of nitrogens with one attached hydrogen (secondary N) is 1. The summed E-state index contributed by atoms with van der Waals surface area (Å²) in [6, 6.07) is 5.74. The lowest BCUT2D eigenvalue weighted by Gasteiger charge is -2.22. The Balaban J connectivity index is 0.00000261. The monoisotopic (exact) mass is 408 g/mol. The zero-order valence-corrected chi connectivity index (χ0v) is 17.7.